The highest BCUT2D eigenvalue weighted by atomic mass is 16.6. The van der Waals surface area contributed by atoms with Crippen LogP contribution in [0, 0.1) is 6.92 Å². The van der Waals surface area contributed by atoms with Gasteiger partial charge in [0.25, 0.3) is 0 Å². The smallest absolute Gasteiger partial charge is 0.106 e. The van der Waals surface area contributed by atoms with Gasteiger partial charge in [0.15, 0.2) is 0 Å². The fourth-order valence-corrected chi connectivity index (χ4v) is 1.03. The van der Waals surface area contributed by atoms with E-state index in [0.29, 0.717) is 0 Å². The van der Waals surface area contributed by atoms with E-state index in [4.69, 9.17) is 0 Å². The van der Waals surface area contributed by atoms with Crippen LogP contribution in [0.3, 0.4) is 0 Å². The van der Waals surface area contributed by atoms with E-state index in [1.165, 1.54) is 7.11 Å². The Bertz CT molecular complexity index is 294. The van der Waals surface area contributed by atoms with E-state index >= 15 is 0 Å². The third-order valence-electron chi connectivity index (χ3n) is 1.66. The number of nitrogens with zero attached hydrogens (tertiary/aromatic N) is 2. The zero-order chi connectivity index (χ0) is 8.97. The van der Waals surface area contributed by atoms with Crippen LogP contribution >= 0.6 is 0 Å². The average molecular weight is 164 g/mol. The molecule has 12 heavy (non-hydrogen) atoms. The van der Waals surface area contributed by atoms with Crippen molar-refractivity contribution in [3.8, 4) is 0 Å². The number of pyridine rings is 1. The lowest BCUT2D eigenvalue weighted by Crippen LogP contribution is -1.98. The highest BCUT2D eigenvalue weighted by Gasteiger charge is 2.00. The van der Waals surface area contributed by atoms with Crippen LogP contribution in [0.1, 0.15) is 18.1 Å². The summed E-state index contributed by atoms with van der Waals surface area (Å²) in [5.41, 5.74) is 3.03. The van der Waals surface area contributed by atoms with Crippen LogP contribution in [-0.4, -0.2) is 17.8 Å². The number of aryl methyl sites for hydroxylation is 1. The van der Waals surface area contributed by atoms with E-state index in [1.807, 2.05) is 19.9 Å². The van der Waals surface area contributed by atoms with Crippen molar-refractivity contribution < 1.29 is 4.84 Å². The summed E-state index contributed by atoms with van der Waals surface area (Å²) in [5, 5.41) is 3.83. The highest BCUT2D eigenvalue weighted by molar-refractivity contribution is 5.99. The first kappa shape index (κ1) is 8.71. The van der Waals surface area contributed by atoms with E-state index in [2.05, 4.69) is 15.0 Å². The zero-order valence-corrected chi connectivity index (χ0v) is 7.53. The Hall–Kier alpha value is -1.38. The molecule has 0 unspecified atom stereocenters. The largest absolute Gasteiger partial charge is 0.399 e. The standard InChI is InChI=1S/C9H12N2O/c1-7-4-5-10-6-9(7)8(2)11-12-3/h4-6H,1-3H3/b11-8-. The molecule has 0 bridgehead atoms. The van der Waals surface area contributed by atoms with E-state index in [-0.39, 0.29) is 0 Å². The normalized spacial score (nSPS) is 11.4. The quantitative estimate of drug-likeness (QED) is 0.493. The topological polar surface area (TPSA) is 34.5 Å². The average Bonchev–Trinajstić information content (AvgIpc) is 2.05. The molecule has 1 rings (SSSR count). The van der Waals surface area contributed by atoms with Gasteiger partial charge in [0.1, 0.15) is 7.11 Å². The van der Waals surface area contributed by atoms with Crippen molar-refractivity contribution in [2.24, 2.45) is 5.16 Å². The number of hydrogen-bond donors (Lipinski definition) is 0. The van der Waals surface area contributed by atoms with Crippen molar-refractivity contribution in [2.75, 3.05) is 7.11 Å². The predicted octanol–water partition coefficient (Wildman–Crippen LogP) is 1.76. The van der Waals surface area contributed by atoms with Crippen LogP contribution < -0.4 is 0 Å². The van der Waals surface area contributed by atoms with E-state index in [9.17, 15) is 0 Å². The van der Waals surface area contributed by atoms with Crippen molar-refractivity contribution in [1.82, 2.24) is 4.98 Å². The van der Waals surface area contributed by atoms with E-state index < -0.39 is 0 Å². The molecular formula is C9H12N2O. The van der Waals surface area contributed by atoms with Crippen molar-refractivity contribution in [3.63, 3.8) is 0 Å². The van der Waals surface area contributed by atoms with Crippen molar-refractivity contribution in [3.05, 3.63) is 29.6 Å². The summed E-state index contributed by atoms with van der Waals surface area (Å²) in [6.45, 7) is 3.92. The second-order valence-electron chi connectivity index (χ2n) is 2.55. The number of aromatic nitrogens is 1. The van der Waals surface area contributed by atoms with E-state index in [0.717, 1.165) is 16.8 Å². The number of rotatable bonds is 2. The molecule has 3 heteroatoms. The van der Waals surface area contributed by atoms with Crippen LogP contribution in [0.4, 0.5) is 0 Å². The fraction of sp³-hybridized carbons (Fsp3) is 0.333. The lowest BCUT2D eigenvalue weighted by Gasteiger charge is -2.01. The Labute approximate surface area is 72.1 Å². The van der Waals surface area contributed by atoms with Gasteiger partial charge in [0.2, 0.25) is 0 Å². The van der Waals surface area contributed by atoms with Gasteiger partial charge in [-0.25, -0.2) is 0 Å². The summed E-state index contributed by atoms with van der Waals surface area (Å²) < 4.78 is 0. The summed E-state index contributed by atoms with van der Waals surface area (Å²) in [5.74, 6) is 0. The first-order valence-corrected chi connectivity index (χ1v) is 3.74. The predicted molar refractivity (Wildman–Crippen MR) is 48.2 cm³/mol. The van der Waals surface area contributed by atoms with Crippen LogP contribution in [0.5, 0.6) is 0 Å². The molecular weight excluding hydrogens is 152 g/mol. The van der Waals surface area contributed by atoms with Crippen molar-refractivity contribution >= 4 is 5.71 Å². The van der Waals surface area contributed by atoms with Crippen LogP contribution in [-0.2, 0) is 4.84 Å². The van der Waals surface area contributed by atoms with E-state index in [1.54, 1.807) is 12.4 Å². The molecule has 0 fully saturated rings. The highest BCUT2D eigenvalue weighted by Crippen LogP contribution is 2.06. The van der Waals surface area contributed by atoms with Gasteiger partial charge in [-0.3, -0.25) is 4.98 Å². The maximum atomic E-state index is 4.67. The van der Waals surface area contributed by atoms with Gasteiger partial charge in [-0.15, -0.1) is 0 Å². The molecule has 0 aliphatic carbocycles. The molecule has 64 valence electrons. The molecule has 0 N–H and O–H groups in total. The molecule has 0 aliphatic rings. The first-order valence-electron chi connectivity index (χ1n) is 3.74. The lowest BCUT2D eigenvalue weighted by atomic mass is 10.1. The molecule has 0 amide bonds. The third kappa shape index (κ3) is 1.81. The summed E-state index contributed by atoms with van der Waals surface area (Å²) in [6.07, 6.45) is 3.55. The molecule has 0 atom stereocenters. The van der Waals surface area contributed by atoms with Gasteiger partial charge in [-0.05, 0) is 25.5 Å². The minimum absolute atomic E-state index is 0.850. The summed E-state index contributed by atoms with van der Waals surface area (Å²) in [6, 6.07) is 1.95. The Kier molecular flexibility index (Phi) is 2.80. The molecule has 0 aromatic carbocycles. The molecule has 0 spiro atoms. The summed E-state index contributed by atoms with van der Waals surface area (Å²) in [4.78, 5) is 8.69. The molecule has 0 saturated carbocycles. The van der Waals surface area contributed by atoms with Crippen molar-refractivity contribution in [1.29, 1.82) is 0 Å². The first-order chi connectivity index (χ1) is 5.75. The maximum absolute atomic E-state index is 4.67. The number of oxime groups is 1. The molecule has 0 aliphatic heterocycles. The maximum Gasteiger partial charge on any atom is 0.106 e. The minimum Gasteiger partial charge on any atom is -0.399 e. The molecule has 3 nitrogen and oxygen atoms in total. The molecule has 1 heterocycles. The Morgan fingerprint density at radius 1 is 1.58 bits per heavy atom. The van der Waals surface area contributed by atoms with Crippen LogP contribution in [0.25, 0.3) is 0 Å². The lowest BCUT2D eigenvalue weighted by molar-refractivity contribution is 0.213. The third-order valence-corrected chi connectivity index (χ3v) is 1.66. The van der Waals surface area contributed by atoms with Gasteiger partial charge in [0.05, 0.1) is 5.71 Å². The Balaban J connectivity index is 3.02. The second-order valence-corrected chi connectivity index (χ2v) is 2.55. The summed E-state index contributed by atoms with van der Waals surface area (Å²) >= 11 is 0. The molecule has 0 radical (unpaired) electrons. The summed E-state index contributed by atoms with van der Waals surface area (Å²) in [7, 11) is 1.54. The fourth-order valence-electron chi connectivity index (χ4n) is 1.03. The second kappa shape index (κ2) is 3.85. The van der Waals surface area contributed by atoms with Crippen LogP contribution in [0.15, 0.2) is 23.6 Å². The Morgan fingerprint density at radius 2 is 2.33 bits per heavy atom. The van der Waals surface area contributed by atoms with Gasteiger partial charge in [0, 0.05) is 18.0 Å². The molecule has 1 aromatic heterocycles. The zero-order valence-electron chi connectivity index (χ0n) is 7.53. The van der Waals surface area contributed by atoms with Gasteiger partial charge in [-0.1, -0.05) is 5.16 Å². The number of hydrogen-bond acceptors (Lipinski definition) is 3. The van der Waals surface area contributed by atoms with Gasteiger partial charge < -0.3 is 4.84 Å². The molecule has 1 aromatic rings. The SMILES string of the molecule is CO/N=C(/C)c1cnccc1C. The monoisotopic (exact) mass is 164 g/mol. The van der Waals surface area contributed by atoms with Crippen molar-refractivity contribution in [2.45, 2.75) is 13.8 Å². The van der Waals surface area contributed by atoms with Crippen LogP contribution in [0.2, 0.25) is 0 Å². The minimum atomic E-state index is 0.850. The van der Waals surface area contributed by atoms with Gasteiger partial charge in [-0.2, -0.15) is 0 Å². The Morgan fingerprint density at radius 3 is 2.92 bits per heavy atom. The van der Waals surface area contributed by atoms with Gasteiger partial charge >= 0.3 is 0 Å². The molecule has 0 saturated heterocycles.